The van der Waals surface area contributed by atoms with Crippen molar-refractivity contribution in [3.05, 3.63) is 11.4 Å². The zero-order valence-corrected chi connectivity index (χ0v) is 13.5. The number of hydrogen-bond acceptors (Lipinski definition) is 5. The van der Waals surface area contributed by atoms with Crippen LogP contribution in [0.2, 0.25) is 0 Å². The van der Waals surface area contributed by atoms with Crippen molar-refractivity contribution in [2.24, 2.45) is 0 Å². The largest absolute Gasteiger partial charge is 0.396 e. The highest BCUT2D eigenvalue weighted by Gasteiger charge is 2.27. The van der Waals surface area contributed by atoms with Gasteiger partial charge in [-0.05, 0) is 39.5 Å². The normalized spacial score (nSPS) is 14.9. The summed E-state index contributed by atoms with van der Waals surface area (Å²) in [6.45, 7) is 8.23. The number of nitrogens with zero attached hydrogens (tertiary/aromatic N) is 3. The fourth-order valence-electron chi connectivity index (χ4n) is 2.73. The topological polar surface area (TPSA) is 61.3 Å². The summed E-state index contributed by atoms with van der Waals surface area (Å²) in [5, 5.41) is 12.5. The molecule has 5 heteroatoms. The van der Waals surface area contributed by atoms with Gasteiger partial charge in [0.25, 0.3) is 0 Å². The molecule has 0 spiro atoms. The van der Waals surface area contributed by atoms with Gasteiger partial charge in [0, 0.05) is 37.7 Å². The van der Waals surface area contributed by atoms with Gasteiger partial charge >= 0.3 is 0 Å². The van der Waals surface area contributed by atoms with Crippen molar-refractivity contribution >= 4 is 11.6 Å². The Morgan fingerprint density at radius 1 is 1.29 bits per heavy atom. The fourth-order valence-corrected chi connectivity index (χ4v) is 2.73. The van der Waals surface area contributed by atoms with Gasteiger partial charge in [-0.25, -0.2) is 9.97 Å². The first-order valence-corrected chi connectivity index (χ1v) is 8.20. The molecule has 1 aromatic rings. The second-order valence-electron chi connectivity index (χ2n) is 5.68. The summed E-state index contributed by atoms with van der Waals surface area (Å²) in [5.41, 5.74) is 1.12. The van der Waals surface area contributed by atoms with Crippen LogP contribution in [0, 0.1) is 6.92 Å². The zero-order valence-electron chi connectivity index (χ0n) is 13.5. The Kier molecular flexibility index (Phi) is 5.79. The van der Waals surface area contributed by atoms with Gasteiger partial charge < -0.3 is 15.3 Å². The molecule has 0 radical (unpaired) electrons. The first kappa shape index (κ1) is 16.0. The van der Waals surface area contributed by atoms with E-state index < -0.39 is 0 Å². The van der Waals surface area contributed by atoms with Crippen LogP contribution in [0.3, 0.4) is 0 Å². The van der Waals surface area contributed by atoms with E-state index in [2.05, 4.69) is 36.0 Å². The van der Waals surface area contributed by atoms with Gasteiger partial charge in [0.05, 0.1) is 0 Å². The fraction of sp³-hybridized carbons (Fsp3) is 0.750. The molecule has 1 fully saturated rings. The number of aromatic nitrogens is 2. The van der Waals surface area contributed by atoms with Gasteiger partial charge in [-0.15, -0.1) is 0 Å². The van der Waals surface area contributed by atoms with Gasteiger partial charge in [-0.2, -0.15) is 0 Å². The Labute approximate surface area is 127 Å². The summed E-state index contributed by atoms with van der Waals surface area (Å²) >= 11 is 0. The minimum Gasteiger partial charge on any atom is -0.396 e. The highest BCUT2D eigenvalue weighted by molar-refractivity contribution is 5.59. The van der Waals surface area contributed by atoms with Gasteiger partial charge in [-0.3, -0.25) is 0 Å². The van der Waals surface area contributed by atoms with Crippen LogP contribution < -0.4 is 10.2 Å². The van der Waals surface area contributed by atoms with Crippen molar-refractivity contribution < 1.29 is 5.11 Å². The van der Waals surface area contributed by atoms with Crippen LogP contribution in [0.25, 0.3) is 0 Å². The first-order chi connectivity index (χ1) is 10.2. The van der Waals surface area contributed by atoms with E-state index in [0.29, 0.717) is 6.04 Å². The number of hydrogen-bond donors (Lipinski definition) is 2. The molecular formula is C16H28N4O. The van der Waals surface area contributed by atoms with E-state index in [-0.39, 0.29) is 6.61 Å². The third-order valence-electron chi connectivity index (χ3n) is 4.17. The lowest BCUT2D eigenvalue weighted by Crippen LogP contribution is -2.42. The van der Waals surface area contributed by atoms with Crippen molar-refractivity contribution in [3.8, 4) is 0 Å². The predicted molar refractivity (Wildman–Crippen MR) is 87.0 cm³/mol. The quantitative estimate of drug-likeness (QED) is 0.771. The van der Waals surface area contributed by atoms with Crippen LogP contribution in [-0.2, 0) is 6.42 Å². The second kappa shape index (κ2) is 7.59. The van der Waals surface area contributed by atoms with E-state index in [1.54, 1.807) is 0 Å². The summed E-state index contributed by atoms with van der Waals surface area (Å²) < 4.78 is 0. The van der Waals surface area contributed by atoms with Crippen LogP contribution in [0.15, 0.2) is 0 Å². The van der Waals surface area contributed by atoms with Crippen LogP contribution in [-0.4, -0.2) is 40.8 Å². The molecule has 21 heavy (non-hydrogen) atoms. The molecule has 5 nitrogen and oxygen atoms in total. The number of nitrogens with one attached hydrogen (secondary N) is 1. The number of rotatable bonds is 8. The van der Waals surface area contributed by atoms with E-state index in [9.17, 15) is 5.11 Å². The third-order valence-corrected chi connectivity index (χ3v) is 4.17. The minimum atomic E-state index is 0.230. The van der Waals surface area contributed by atoms with E-state index >= 15 is 0 Å². The number of anilines is 2. The Bertz CT molecular complexity index is 460. The van der Waals surface area contributed by atoms with Gasteiger partial charge in [0.15, 0.2) is 0 Å². The highest BCUT2D eigenvalue weighted by atomic mass is 16.3. The molecule has 1 aliphatic rings. The van der Waals surface area contributed by atoms with Crippen LogP contribution >= 0.6 is 0 Å². The van der Waals surface area contributed by atoms with Crippen molar-refractivity contribution in [3.63, 3.8) is 0 Å². The number of aliphatic hydroxyl groups is 1. The molecule has 1 heterocycles. The molecule has 1 saturated carbocycles. The molecule has 0 aliphatic heterocycles. The van der Waals surface area contributed by atoms with E-state index in [1.807, 2.05) is 0 Å². The number of aliphatic hydroxyl groups excluding tert-OH is 1. The molecule has 2 N–H and O–H groups in total. The first-order valence-electron chi connectivity index (χ1n) is 8.20. The van der Waals surface area contributed by atoms with Gasteiger partial charge in [0.1, 0.15) is 17.5 Å². The summed E-state index contributed by atoms with van der Waals surface area (Å²) in [4.78, 5) is 11.8. The molecule has 0 aromatic carbocycles. The lowest BCUT2D eigenvalue weighted by atomic mass is 9.91. The van der Waals surface area contributed by atoms with Crippen LogP contribution in [0.1, 0.15) is 50.9 Å². The maximum absolute atomic E-state index is 9.17. The molecule has 0 unspecified atom stereocenters. The molecular weight excluding hydrogens is 264 g/mol. The standard InChI is InChI=1S/C16H28N4O/c1-4-14-18-15(17-5-2)12(3)16(19-14)20(10-7-11-21)13-8-6-9-13/h13,21H,4-11H2,1-3H3,(H,17,18,19). The SMILES string of the molecule is CCNc1nc(CC)nc(N(CCCO)C2CCC2)c1C. The molecule has 0 atom stereocenters. The molecule has 2 rings (SSSR count). The Hall–Kier alpha value is -1.36. The van der Waals surface area contributed by atoms with Crippen molar-refractivity contribution in [1.29, 1.82) is 0 Å². The van der Waals surface area contributed by atoms with E-state index in [0.717, 1.165) is 49.0 Å². The molecule has 0 saturated heterocycles. The summed E-state index contributed by atoms with van der Waals surface area (Å²) in [7, 11) is 0. The molecule has 0 bridgehead atoms. The predicted octanol–water partition coefficient (Wildman–Crippen LogP) is 2.52. The van der Waals surface area contributed by atoms with Crippen LogP contribution in [0.5, 0.6) is 0 Å². The number of aryl methyl sites for hydroxylation is 1. The molecule has 0 amide bonds. The monoisotopic (exact) mass is 292 g/mol. The maximum atomic E-state index is 9.17. The smallest absolute Gasteiger partial charge is 0.137 e. The summed E-state index contributed by atoms with van der Waals surface area (Å²) in [6, 6.07) is 0.573. The summed E-state index contributed by atoms with van der Waals surface area (Å²) in [5.74, 6) is 2.89. The lowest BCUT2D eigenvalue weighted by molar-refractivity contribution is 0.282. The van der Waals surface area contributed by atoms with Crippen molar-refractivity contribution in [2.45, 2.75) is 58.9 Å². The second-order valence-corrected chi connectivity index (χ2v) is 5.68. The van der Waals surface area contributed by atoms with Gasteiger partial charge in [0.2, 0.25) is 0 Å². The van der Waals surface area contributed by atoms with Gasteiger partial charge in [-0.1, -0.05) is 6.92 Å². The Morgan fingerprint density at radius 3 is 2.57 bits per heavy atom. The third kappa shape index (κ3) is 3.64. The van der Waals surface area contributed by atoms with E-state index in [4.69, 9.17) is 4.98 Å². The minimum absolute atomic E-state index is 0.230. The Balaban J connectivity index is 2.34. The molecule has 1 aliphatic carbocycles. The highest BCUT2D eigenvalue weighted by Crippen LogP contribution is 2.32. The molecule has 118 valence electrons. The Morgan fingerprint density at radius 2 is 2.05 bits per heavy atom. The molecule has 1 aromatic heterocycles. The maximum Gasteiger partial charge on any atom is 0.137 e. The van der Waals surface area contributed by atoms with Crippen LogP contribution in [0.4, 0.5) is 11.6 Å². The van der Waals surface area contributed by atoms with Crippen molar-refractivity contribution in [2.75, 3.05) is 29.9 Å². The van der Waals surface area contributed by atoms with E-state index in [1.165, 1.54) is 19.3 Å². The lowest BCUT2D eigenvalue weighted by Gasteiger charge is -2.39. The van der Waals surface area contributed by atoms with Crippen molar-refractivity contribution in [1.82, 2.24) is 9.97 Å². The summed E-state index contributed by atoms with van der Waals surface area (Å²) in [6.07, 6.45) is 5.38. The average Bonchev–Trinajstić information content (AvgIpc) is 2.44. The average molecular weight is 292 g/mol. The zero-order chi connectivity index (χ0) is 15.2.